The predicted octanol–water partition coefficient (Wildman–Crippen LogP) is 3.53. The number of pyridine rings is 1. The average molecular weight is 365 g/mol. The Kier molecular flexibility index (Phi) is 5.89. The van der Waals surface area contributed by atoms with Crippen molar-refractivity contribution in [1.29, 1.82) is 0 Å². The molecule has 5 nitrogen and oxygen atoms in total. The van der Waals surface area contributed by atoms with Crippen molar-refractivity contribution in [2.45, 2.75) is 39.2 Å². The number of hydrogen-bond donors (Lipinski definition) is 0. The first-order valence-electron chi connectivity index (χ1n) is 9.60. The van der Waals surface area contributed by atoms with Crippen LogP contribution in [0.2, 0.25) is 0 Å². The van der Waals surface area contributed by atoms with Gasteiger partial charge in [-0.1, -0.05) is 31.9 Å². The molecule has 5 heteroatoms. The van der Waals surface area contributed by atoms with Gasteiger partial charge < -0.3 is 9.80 Å². The lowest BCUT2D eigenvalue weighted by atomic mass is 9.99. The number of rotatable bonds is 5. The van der Waals surface area contributed by atoms with E-state index in [4.69, 9.17) is 0 Å². The molecule has 2 aromatic rings. The molecule has 0 bridgehead atoms. The van der Waals surface area contributed by atoms with E-state index in [1.807, 2.05) is 50.5 Å². The highest BCUT2D eigenvalue weighted by molar-refractivity contribution is 5.99. The molecule has 142 valence electrons. The lowest BCUT2D eigenvalue weighted by Gasteiger charge is -2.39. The van der Waals surface area contributed by atoms with Crippen molar-refractivity contribution in [3.05, 3.63) is 53.9 Å². The summed E-state index contributed by atoms with van der Waals surface area (Å²) < 4.78 is 0. The topological polar surface area (TPSA) is 53.5 Å². The molecule has 1 saturated heterocycles. The van der Waals surface area contributed by atoms with Gasteiger partial charge >= 0.3 is 0 Å². The lowest BCUT2D eigenvalue weighted by molar-refractivity contribution is -0.138. The Bertz CT molecular complexity index is 834. The standard InChI is InChI=1S/C22H27N3O2/c1-4-5-9-20-22(27)24(3)12-13-25(20)21(26)18-8-6-7-17(14-18)19-10-11-23-15-16(19)2/h6-8,10-11,14-15,20H,4-5,9,12-13H2,1-3H3/t20-/m0/s1. The molecule has 1 aliphatic heterocycles. The van der Waals surface area contributed by atoms with Gasteiger partial charge in [0, 0.05) is 38.1 Å². The summed E-state index contributed by atoms with van der Waals surface area (Å²) in [6.45, 7) is 5.27. The summed E-state index contributed by atoms with van der Waals surface area (Å²) in [5.74, 6) is -0.0182. The van der Waals surface area contributed by atoms with E-state index in [0.29, 0.717) is 25.1 Å². The van der Waals surface area contributed by atoms with E-state index in [-0.39, 0.29) is 17.9 Å². The van der Waals surface area contributed by atoms with Gasteiger partial charge in [0.1, 0.15) is 6.04 Å². The maximum atomic E-state index is 13.2. The van der Waals surface area contributed by atoms with Crippen LogP contribution < -0.4 is 0 Å². The molecule has 0 saturated carbocycles. The SMILES string of the molecule is CCCC[C@H]1C(=O)N(C)CCN1C(=O)c1cccc(-c2ccncc2C)c1. The molecule has 0 spiro atoms. The van der Waals surface area contributed by atoms with Gasteiger partial charge in [-0.05, 0) is 48.2 Å². The highest BCUT2D eigenvalue weighted by atomic mass is 16.2. The van der Waals surface area contributed by atoms with Crippen molar-refractivity contribution >= 4 is 11.8 Å². The fraction of sp³-hybridized carbons (Fsp3) is 0.409. The Labute approximate surface area is 161 Å². The number of hydrogen-bond acceptors (Lipinski definition) is 3. The third-order valence-corrected chi connectivity index (χ3v) is 5.25. The summed E-state index contributed by atoms with van der Waals surface area (Å²) >= 11 is 0. The maximum absolute atomic E-state index is 13.2. The average Bonchev–Trinajstić information content (AvgIpc) is 2.69. The second-order valence-corrected chi connectivity index (χ2v) is 7.19. The number of piperazine rings is 1. The van der Waals surface area contributed by atoms with Crippen LogP contribution in [0.15, 0.2) is 42.7 Å². The van der Waals surface area contributed by atoms with Crippen molar-refractivity contribution in [3.8, 4) is 11.1 Å². The zero-order chi connectivity index (χ0) is 19.4. The Hall–Kier alpha value is -2.69. The summed E-state index contributed by atoms with van der Waals surface area (Å²) in [5.41, 5.74) is 3.75. The van der Waals surface area contributed by atoms with Crippen LogP contribution >= 0.6 is 0 Å². The van der Waals surface area contributed by atoms with Crippen molar-refractivity contribution in [3.63, 3.8) is 0 Å². The number of aromatic nitrogens is 1. The van der Waals surface area contributed by atoms with E-state index in [1.54, 1.807) is 16.0 Å². The molecule has 3 rings (SSSR count). The first kappa shape index (κ1) is 19.1. The van der Waals surface area contributed by atoms with Crippen LogP contribution in [0.3, 0.4) is 0 Å². The predicted molar refractivity (Wildman–Crippen MR) is 106 cm³/mol. The molecule has 0 unspecified atom stereocenters. The van der Waals surface area contributed by atoms with Crippen LogP contribution in [-0.2, 0) is 4.79 Å². The van der Waals surface area contributed by atoms with Gasteiger partial charge in [0.2, 0.25) is 5.91 Å². The molecule has 0 N–H and O–H groups in total. The molecule has 0 aliphatic carbocycles. The van der Waals surface area contributed by atoms with E-state index in [0.717, 1.165) is 29.5 Å². The fourth-order valence-corrected chi connectivity index (χ4v) is 3.61. The minimum atomic E-state index is -0.359. The van der Waals surface area contributed by atoms with Crippen LogP contribution in [0.4, 0.5) is 0 Å². The molecule has 1 aromatic carbocycles. The van der Waals surface area contributed by atoms with Crippen LogP contribution in [-0.4, -0.2) is 52.8 Å². The van der Waals surface area contributed by atoms with Crippen LogP contribution in [0.5, 0.6) is 0 Å². The molecular weight excluding hydrogens is 338 g/mol. The first-order valence-corrected chi connectivity index (χ1v) is 9.60. The molecular formula is C22H27N3O2. The number of carbonyl (C=O) groups excluding carboxylic acids is 2. The molecule has 0 radical (unpaired) electrons. The van der Waals surface area contributed by atoms with Gasteiger partial charge in [0.25, 0.3) is 5.91 Å². The number of benzene rings is 1. The summed E-state index contributed by atoms with van der Waals surface area (Å²) in [6, 6.07) is 9.27. The smallest absolute Gasteiger partial charge is 0.254 e. The summed E-state index contributed by atoms with van der Waals surface area (Å²) in [4.78, 5) is 33.5. The van der Waals surface area contributed by atoms with Crippen LogP contribution in [0.1, 0.15) is 42.1 Å². The summed E-state index contributed by atoms with van der Waals surface area (Å²) in [7, 11) is 1.82. The molecule has 1 atom stereocenters. The van der Waals surface area contributed by atoms with Gasteiger partial charge in [-0.2, -0.15) is 0 Å². The van der Waals surface area contributed by atoms with Crippen molar-refractivity contribution in [1.82, 2.24) is 14.8 Å². The zero-order valence-electron chi connectivity index (χ0n) is 16.3. The molecule has 2 heterocycles. The van der Waals surface area contributed by atoms with Crippen molar-refractivity contribution in [2.75, 3.05) is 20.1 Å². The number of carbonyl (C=O) groups is 2. The molecule has 1 fully saturated rings. The molecule has 1 aliphatic rings. The summed E-state index contributed by atoms with van der Waals surface area (Å²) in [5, 5.41) is 0. The second kappa shape index (κ2) is 8.33. The Morgan fingerprint density at radius 1 is 1.26 bits per heavy atom. The minimum absolute atomic E-state index is 0.0455. The molecule has 1 aromatic heterocycles. The van der Waals surface area contributed by atoms with Crippen LogP contribution in [0.25, 0.3) is 11.1 Å². The number of amides is 2. The third-order valence-electron chi connectivity index (χ3n) is 5.25. The minimum Gasteiger partial charge on any atom is -0.342 e. The number of aryl methyl sites for hydroxylation is 1. The number of nitrogens with zero attached hydrogens (tertiary/aromatic N) is 3. The third kappa shape index (κ3) is 4.02. The highest BCUT2D eigenvalue weighted by Gasteiger charge is 2.35. The van der Waals surface area contributed by atoms with E-state index in [2.05, 4.69) is 11.9 Å². The molecule has 2 amide bonds. The zero-order valence-corrected chi connectivity index (χ0v) is 16.3. The van der Waals surface area contributed by atoms with Gasteiger partial charge in [0.05, 0.1) is 0 Å². The normalized spacial score (nSPS) is 17.3. The van der Waals surface area contributed by atoms with E-state index < -0.39 is 0 Å². The lowest BCUT2D eigenvalue weighted by Crippen LogP contribution is -2.57. The monoisotopic (exact) mass is 365 g/mol. The van der Waals surface area contributed by atoms with Gasteiger partial charge in [-0.3, -0.25) is 14.6 Å². The van der Waals surface area contributed by atoms with E-state index >= 15 is 0 Å². The van der Waals surface area contributed by atoms with Gasteiger partial charge in [-0.25, -0.2) is 0 Å². The van der Waals surface area contributed by atoms with E-state index in [1.165, 1.54) is 0 Å². The first-order chi connectivity index (χ1) is 13.0. The fourth-order valence-electron chi connectivity index (χ4n) is 3.61. The van der Waals surface area contributed by atoms with Gasteiger partial charge in [-0.15, -0.1) is 0 Å². The Morgan fingerprint density at radius 2 is 2.07 bits per heavy atom. The largest absolute Gasteiger partial charge is 0.342 e. The summed E-state index contributed by atoms with van der Waals surface area (Å²) in [6.07, 6.45) is 6.24. The van der Waals surface area contributed by atoms with Crippen LogP contribution in [0, 0.1) is 6.92 Å². The number of likely N-dealkylation sites (N-methyl/N-ethyl adjacent to an activating group) is 1. The number of unbranched alkanes of at least 4 members (excludes halogenated alkanes) is 1. The van der Waals surface area contributed by atoms with Crippen molar-refractivity contribution in [2.24, 2.45) is 0 Å². The second-order valence-electron chi connectivity index (χ2n) is 7.19. The van der Waals surface area contributed by atoms with Gasteiger partial charge in [0.15, 0.2) is 0 Å². The Morgan fingerprint density at radius 3 is 2.81 bits per heavy atom. The highest BCUT2D eigenvalue weighted by Crippen LogP contribution is 2.25. The Balaban J connectivity index is 1.89. The van der Waals surface area contributed by atoms with Crippen molar-refractivity contribution < 1.29 is 9.59 Å². The quantitative estimate of drug-likeness (QED) is 0.814. The maximum Gasteiger partial charge on any atom is 0.254 e. The van der Waals surface area contributed by atoms with E-state index in [9.17, 15) is 9.59 Å². The molecule has 27 heavy (non-hydrogen) atoms.